The lowest BCUT2D eigenvalue weighted by molar-refractivity contribution is -0.121. The molecule has 10 heteroatoms. The molecule has 0 aliphatic carbocycles. The van der Waals surface area contributed by atoms with Crippen molar-refractivity contribution in [2.24, 2.45) is 13.0 Å². The Morgan fingerprint density at radius 3 is 2.61 bits per heavy atom. The Hall–Kier alpha value is -2.72. The molecule has 2 fully saturated rings. The highest BCUT2D eigenvalue weighted by Crippen LogP contribution is 2.25. The van der Waals surface area contributed by atoms with Crippen LogP contribution >= 0.6 is 0 Å². The highest BCUT2D eigenvalue weighted by Gasteiger charge is 2.32. The van der Waals surface area contributed by atoms with Gasteiger partial charge in [0, 0.05) is 45.6 Å². The predicted molar refractivity (Wildman–Crippen MR) is 124 cm³/mol. The van der Waals surface area contributed by atoms with Gasteiger partial charge in [-0.3, -0.25) is 9.59 Å². The van der Waals surface area contributed by atoms with Crippen LogP contribution in [0.4, 0.5) is 5.82 Å². The number of nitrogens with one attached hydrogen (secondary N) is 1. The normalized spacial score (nSPS) is 19.9. The zero-order valence-electron chi connectivity index (χ0n) is 19.2. The first kappa shape index (κ1) is 23.4. The minimum absolute atomic E-state index is 0.146. The van der Waals surface area contributed by atoms with Crippen LogP contribution in [-0.2, 0) is 21.9 Å². The molecule has 4 heterocycles. The average Bonchev–Trinajstić information content (AvgIpc) is 3.23. The summed E-state index contributed by atoms with van der Waals surface area (Å²) in [7, 11) is -1.94. The van der Waals surface area contributed by atoms with Gasteiger partial charge < -0.3 is 14.8 Å². The van der Waals surface area contributed by atoms with Gasteiger partial charge in [-0.2, -0.15) is 4.31 Å². The summed E-state index contributed by atoms with van der Waals surface area (Å²) in [6, 6.07) is 5.16. The molecular formula is C23H31N5O4S. The van der Waals surface area contributed by atoms with Crippen LogP contribution in [0.1, 0.15) is 48.2 Å². The van der Waals surface area contributed by atoms with Crippen LogP contribution in [0.15, 0.2) is 35.5 Å². The number of carbonyl (C=O) groups is 2. The van der Waals surface area contributed by atoms with Crippen molar-refractivity contribution in [3.05, 3.63) is 41.9 Å². The predicted octanol–water partition coefficient (Wildman–Crippen LogP) is 2.39. The third kappa shape index (κ3) is 4.96. The number of nitrogens with zero attached hydrogens (tertiary/aromatic N) is 4. The Morgan fingerprint density at radius 2 is 1.88 bits per heavy atom. The van der Waals surface area contributed by atoms with E-state index in [9.17, 15) is 18.0 Å². The molecule has 2 amide bonds. The number of piperidine rings is 2. The molecule has 2 aliphatic rings. The lowest BCUT2D eigenvalue weighted by atomic mass is 9.96. The summed E-state index contributed by atoms with van der Waals surface area (Å²) >= 11 is 0. The fourth-order valence-corrected chi connectivity index (χ4v) is 6.10. The van der Waals surface area contributed by atoms with E-state index in [4.69, 9.17) is 0 Å². The van der Waals surface area contributed by atoms with E-state index in [0.717, 1.165) is 24.8 Å². The van der Waals surface area contributed by atoms with Crippen LogP contribution in [0, 0.1) is 12.8 Å². The number of sulfonamides is 1. The van der Waals surface area contributed by atoms with Crippen molar-refractivity contribution in [1.29, 1.82) is 0 Å². The maximum absolute atomic E-state index is 13.3. The molecular weight excluding hydrogens is 442 g/mol. The SMILES string of the molecule is Cc1cccnc1NC(=O)C1CCCN(C(=O)c2cc(S(=O)(=O)N3CCCCC3)cn2C)C1. The second-order valence-corrected chi connectivity index (χ2v) is 10.8. The molecule has 0 spiro atoms. The number of amides is 2. The molecule has 2 aliphatic heterocycles. The van der Waals surface area contributed by atoms with Gasteiger partial charge in [-0.1, -0.05) is 12.5 Å². The Kier molecular flexibility index (Phi) is 6.85. The van der Waals surface area contributed by atoms with E-state index in [2.05, 4.69) is 10.3 Å². The standard InChI is InChI=1S/C23H31N5O4S/c1-17-8-6-10-24-21(17)25-22(29)18-9-7-11-27(15-18)23(30)20-14-19(16-26(20)2)33(31,32)28-12-4-3-5-13-28/h6,8,10,14,16,18H,3-5,7,9,11-13,15H2,1-2H3,(H,24,25,29). The van der Waals surface area contributed by atoms with Crippen molar-refractivity contribution >= 4 is 27.7 Å². The van der Waals surface area contributed by atoms with E-state index < -0.39 is 10.0 Å². The van der Waals surface area contributed by atoms with E-state index >= 15 is 0 Å². The molecule has 4 rings (SSSR count). The Bertz CT molecular complexity index is 1140. The molecule has 0 saturated carbocycles. The van der Waals surface area contributed by atoms with Gasteiger partial charge >= 0.3 is 0 Å². The van der Waals surface area contributed by atoms with E-state index in [1.54, 1.807) is 22.7 Å². The lowest BCUT2D eigenvalue weighted by Crippen LogP contribution is -2.44. The van der Waals surface area contributed by atoms with E-state index in [1.807, 2.05) is 19.1 Å². The summed E-state index contributed by atoms with van der Waals surface area (Å²) in [5.74, 6) is -0.236. The van der Waals surface area contributed by atoms with Crippen LogP contribution in [-0.4, -0.2) is 65.2 Å². The van der Waals surface area contributed by atoms with E-state index in [1.165, 1.54) is 16.6 Å². The second kappa shape index (κ2) is 9.64. The fourth-order valence-electron chi connectivity index (χ4n) is 4.52. The molecule has 178 valence electrons. The number of pyridine rings is 1. The summed E-state index contributed by atoms with van der Waals surface area (Å²) in [6.07, 6.45) is 7.27. The maximum atomic E-state index is 13.3. The number of hydrogen-bond donors (Lipinski definition) is 1. The van der Waals surface area contributed by atoms with Crippen LogP contribution in [0.5, 0.6) is 0 Å². The molecule has 1 unspecified atom stereocenters. The zero-order chi connectivity index (χ0) is 23.6. The van der Waals surface area contributed by atoms with Crippen molar-refractivity contribution in [3.63, 3.8) is 0 Å². The molecule has 2 aromatic rings. The summed E-state index contributed by atoms with van der Waals surface area (Å²) in [5, 5.41) is 2.87. The zero-order valence-corrected chi connectivity index (χ0v) is 20.0. The van der Waals surface area contributed by atoms with Gasteiger partial charge in [-0.15, -0.1) is 0 Å². The minimum atomic E-state index is -3.62. The van der Waals surface area contributed by atoms with Gasteiger partial charge in [-0.05, 0) is 50.3 Å². The van der Waals surface area contributed by atoms with Gasteiger partial charge in [0.1, 0.15) is 16.4 Å². The van der Waals surface area contributed by atoms with E-state index in [0.29, 0.717) is 44.0 Å². The van der Waals surface area contributed by atoms with E-state index in [-0.39, 0.29) is 29.2 Å². The fraction of sp³-hybridized carbons (Fsp3) is 0.522. The van der Waals surface area contributed by atoms with Gasteiger partial charge in [0.2, 0.25) is 15.9 Å². The molecule has 2 aromatic heterocycles. The molecule has 9 nitrogen and oxygen atoms in total. The third-order valence-corrected chi connectivity index (χ3v) is 8.35. The highest BCUT2D eigenvalue weighted by molar-refractivity contribution is 7.89. The smallest absolute Gasteiger partial charge is 0.270 e. The van der Waals surface area contributed by atoms with Crippen molar-refractivity contribution in [1.82, 2.24) is 18.8 Å². The molecule has 0 aromatic carbocycles. The monoisotopic (exact) mass is 473 g/mol. The minimum Gasteiger partial charge on any atom is -0.345 e. The molecule has 0 bridgehead atoms. The number of rotatable bonds is 5. The summed E-state index contributed by atoms with van der Waals surface area (Å²) in [6.45, 7) is 3.73. The van der Waals surface area contributed by atoms with Crippen molar-refractivity contribution in [2.75, 3.05) is 31.5 Å². The largest absolute Gasteiger partial charge is 0.345 e. The number of aromatic nitrogens is 2. The molecule has 0 radical (unpaired) electrons. The lowest BCUT2D eigenvalue weighted by Gasteiger charge is -2.32. The second-order valence-electron chi connectivity index (χ2n) is 8.89. The molecule has 33 heavy (non-hydrogen) atoms. The summed E-state index contributed by atoms with van der Waals surface area (Å²) in [4.78, 5) is 32.1. The van der Waals surface area contributed by atoms with Crippen LogP contribution in [0.2, 0.25) is 0 Å². The molecule has 2 saturated heterocycles. The summed E-state index contributed by atoms with van der Waals surface area (Å²) in [5.41, 5.74) is 1.19. The number of carbonyl (C=O) groups excluding carboxylic acids is 2. The van der Waals surface area contributed by atoms with Crippen LogP contribution < -0.4 is 5.32 Å². The Labute approximate surface area is 194 Å². The van der Waals surface area contributed by atoms with Gasteiger partial charge in [0.05, 0.1) is 5.92 Å². The third-order valence-electron chi connectivity index (χ3n) is 6.48. The van der Waals surface area contributed by atoms with Gasteiger partial charge in [0.15, 0.2) is 0 Å². The van der Waals surface area contributed by atoms with Crippen molar-refractivity contribution < 1.29 is 18.0 Å². The average molecular weight is 474 g/mol. The first-order valence-electron chi connectivity index (χ1n) is 11.5. The first-order valence-corrected chi connectivity index (χ1v) is 12.9. The molecule has 1 atom stereocenters. The van der Waals surface area contributed by atoms with Gasteiger partial charge in [0.25, 0.3) is 5.91 Å². The highest BCUT2D eigenvalue weighted by atomic mass is 32.2. The quantitative estimate of drug-likeness (QED) is 0.718. The first-order chi connectivity index (χ1) is 15.8. The summed E-state index contributed by atoms with van der Waals surface area (Å²) < 4.78 is 29.1. The number of hydrogen-bond acceptors (Lipinski definition) is 5. The van der Waals surface area contributed by atoms with Gasteiger partial charge in [-0.25, -0.2) is 13.4 Å². The van der Waals surface area contributed by atoms with Crippen LogP contribution in [0.3, 0.4) is 0 Å². The Morgan fingerprint density at radius 1 is 1.12 bits per heavy atom. The topological polar surface area (TPSA) is 105 Å². The number of aryl methyl sites for hydroxylation is 2. The van der Waals surface area contributed by atoms with Crippen LogP contribution in [0.25, 0.3) is 0 Å². The maximum Gasteiger partial charge on any atom is 0.270 e. The molecule has 1 N–H and O–H groups in total. The Balaban J connectivity index is 1.47. The number of anilines is 1. The number of likely N-dealkylation sites (tertiary alicyclic amines) is 1. The van der Waals surface area contributed by atoms with Crippen molar-refractivity contribution in [3.8, 4) is 0 Å². The van der Waals surface area contributed by atoms with Crippen molar-refractivity contribution in [2.45, 2.75) is 43.9 Å².